The van der Waals surface area contributed by atoms with Gasteiger partial charge in [0.05, 0.1) is 6.54 Å². The van der Waals surface area contributed by atoms with Gasteiger partial charge in [-0.05, 0) is 0 Å². The molecule has 0 fully saturated rings. The quantitative estimate of drug-likeness (QED) is 0.595. The maximum absolute atomic E-state index is 12.0. The highest BCUT2D eigenvalue weighted by Gasteiger charge is 2.32. The van der Waals surface area contributed by atoms with E-state index in [0.29, 0.717) is 0 Å². The summed E-state index contributed by atoms with van der Waals surface area (Å²) in [6.45, 7) is -0.507. The van der Waals surface area contributed by atoms with E-state index in [-0.39, 0.29) is 12.6 Å². The Hall–Kier alpha value is -0.270. The number of rotatable bonds is 10. The molecule has 0 unspecified atom stereocenters. The van der Waals surface area contributed by atoms with E-state index in [0.717, 1.165) is 4.90 Å². The van der Waals surface area contributed by atoms with Gasteiger partial charge in [0.2, 0.25) is 0 Å². The van der Waals surface area contributed by atoms with Gasteiger partial charge in [-0.2, -0.15) is 0 Å². The molecule has 0 bridgehead atoms. The minimum absolute atomic E-state index is 0.344. The lowest BCUT2D eigenvalue weighted by atomic mass is 10.6. The lowest BCUT2D eigenvalue weighted by molar-refractivity contribution is -0.137. The molecule has 1 N–H and O–H groups in total. The molecule has 114 valence electrons. The van der Waals surface area contributed by atoms with Gasteiger partial charge in [-0.15, -0.1) is 0 Å². The third-order valence-corrected chi connectivity index (χ3v) is 5.94. The number of nitrogens with zero attached hydrogens (tertiary/aromatic N) is 1. The van der Waals surface area contributed by atoms with Gasteiger partial charge < -0.3 is 23.2 Å². The predicted octanol–water partition coefficient (Wildman–Crippen LogP) is 1.26. The Kier molecular flexibility index (Phi) is 8.00. The number of carbonyl (C=O) groups is 1. The molecule has 0 saturated carbocycles. The van der Waals surface area contributed by atoms with Crippen LogP contribution in [0, 0.1) is 0 Å². The van der Waals surface area contributed by atoms with Gasteiger partial charge in [-0.25, -0.2) is 0 Å². The second-order valence-electron chi connectivity index (χ2n) is 3.46. The van der Waals surface area contributed by atoms with E-state index in [9.17, 15) is 13.9 Å². The van der Waals surface area contributed by atoms with Crippen molar-refractivity contribution in [1.82, 2.24) is 4.90 Å². The van der Waals surface area contributed by atoms with Crippen molar-refractivity contribution in [2.75, 3.05) is 47.6 Å². The first-order chi connectivity index (χ1) is 8.74. The predicted molar refractivity (Wildman–Crippen MR) is 67.3 cm³/mol. The third-order valence-electron chi connectivity index (χ3n) is 2.22. The summed E-state index contributed by atoms with van der Waals surface area (Å²) < 4.78 is 42.7. The van der Waals surface area contributed by atoms with Gasteiger partial charge in [0.1, 0.15) is 12.6 Å². The average molecular weight is 319 g/mol. The van der Waals surface area contributed by atoms with E-state index in [1.165, 1.54) is 28.4 Å². The Morgan fingerprint density at radius 2 is 1.26 bits per heavy atom. The summed E-state index contributed by atoms with van der Waals surface area (Å²) in [4.78, 5) is 11.9. The second kappa shape index (κ2) is 8.11. The zero-order chi connectivity index (χ0) is 15.1. The van der Waals surface area contributed by atoms with Crippen LogP contribution in [-0.2, 0) is 32.0 Å². The number of aliphatic carboxylic acids is 1. The van der Waals surface area contributed by atoms with Crippen LogP contribution in [0.15, 0.2) is 0 Å². The molecule has 0 aromatic carbocycles. The monoisotopic (exact) mass is 319 g/mol. The summed E-state index contributed by atoms with van der Waals surface area (Å²) in [5.41, 5.74) is 0. The lowest BCUT2D eigenvalue weighted by Gasteiger charge is -2.26. The molecule has 19 heavy (non-hydrogen) atoms. The molecule has 0 aliphatic heterocycles. The van der Waals surface area contributed by atoms with Gasteiger partial charge in [0.25, 0.3) is 0 Å². The van der Waals surface area contributed by atoms with Crippen LogP contribution >= 0.6 is 15.2 Å². The Morgan fingerprint density at radius 3 is 1.47 bits per heavy atom. The first-order valence-electron chi connectivity index (χ1n) is 5.09. The normalized spacial score (nSPS) is 12.9. The lowest BCUT2D eigenvalue weighted by Crippen LogP contribution is -2.32. The first kappa shape index (κ1) is 18.7. The smallest absolute Gasteiger partial charge is 0.344 e. The Morgan fingerprint density at radius 1 is 0.947 bits per heavy atom. The Labute approximate surface area is 111 Å². The summed E-state index contributed by atoms with van der Waals surface area (Å²) in [5, 5.41) is 8.78. The second-order valence-corrected chi connectivity index (χ2v) is 7.93. The zero-order valence-electron chi connectivity index (χ0n) is 11.3. The van der Waals surface area contributed by atoms with E-state index in [1.807, 2.05) is 0 Å². The Bertz CT molecular complexity index is 343. The van der Waals surface area contributed by atoms with E-state index < -0.39 is 27.7 Å². The van der Waals surface area contributed by atoms with E-state index in [4.69, 9.17) is 23.2 Å². The van der Waals surface area contributed by atoms with Crippen LogP contribution in [-0.4, -0.2) is 63.5 Å². The SMILES string of the molecule is COP(=O)(CN(CC(=O)O)CP(=O)(OC)OC)OC. The number of hydrogen-bond acceptors (Lipinski definition) is 8. The largest absolute Gasteiger partial charge is 0.480 e. The fraction of sp³-hybridized carbons (Fsp3) is 0.875. The van der Waals surface area contributed by atoms with Crippen molar-refractivity contribution in [2.24, 2.45) is 0 Å². The van der Waals surface area contributed by atoms with Crippen molar-refractivity contribution in [3.8, 4) is 0 Å². The molecule has 0 aliphatic rings. The van der Waals surface area contributed by atoms with Crippen LogP contribution in [0.1, 0.15) is 0 Å². The standard InChI is InChI=1S/C8H19NO8P2/c1-14-18(12,15-2)6-9(5-8(10)11)7-19(13,16-3)17-4/h5-7H2,1-4H3,(H,10,11). The minimum Gasteiger partial charge on any atom is -0.480 e. The summed E-state index contributed by atoms with van der Waals surface area (Å²) in [5.74, 6) is -1.18. The van der Waals surface area contributed by atoms with E-state index >= 15 is 0 Å². The molecular weight excluding hydrogens is 300 g/mol. The van der Waals surface area contributed by atoms with E-state index in [1.54, 1.807) is 0 Å². The highest BCUT2D eigenvalue weighted by Crippen LogP contribution is 2.51. The Balaban J connectivity index is 4.97. The maximum Gasteiger partial charge on any atom is 0.344 e. The van der Waals surface area contributed by atoms with Crippen molar-refractivity contribution < 1.29 is 37.1 Å². The van der Waals surface area contributed by atoms with Crippen LogP contribution in [0.4, 0.5) is 0 Å². The molecule has 0 atom stereocenters. The maximum atomic E-state index is 12.0. The minimum atomic E-state index is -3.47. The molecule has 0 aliphatic carbocycles. The van der Waals surface area contributed by atoms with Crippen LogP contribution in [0.5, 0.6) is 0 Å². The number of carboxylic acid groups (broad SMARTS) is 1. The molecule has 0 amide bonds. The summed E-state index contributed by atoms with van der Waals surface area (Å²) in [6.07, 6.45) is -0.688. The first-order valence-corrected chi connectivity index (χ1v) is 8.55. The van der Waals surface area contributed by atoms with Gasteiger partial charge in [-0.3, -0.25) is 18.8 Å². The number of carboxylic acids is 1. The van der Waals surface area contributed by atoms with Crippen molar-refractivity contribution in [2.45, 2.75) is 0 Å². The van der Waals surface area contributed by atoms with Gasteiger partial charge in [-0.1, -0.05) is 0 Å². The van der Waals surface area contributed by atoms with Crippen LogP contribution < -0.4 is 0 Å². The van der Waals surface area contributed by atoms with Gasteiger partial charge in [0, 0.05) is 28.4 Å². The molecule has 0 aromatic heterocycles. The summed E-state index contributed by atoms with van der Waals surface area (Å²) in [6, 6.07) is 0. The van der Waals surface area contributed by atoms with Crippen molar-refractivity contribution in [3.63, 3.8) is 0 Å². The molecule has 0 heterocycles. The van der Waals surface area contributed by atoms with Crippen LogP contribution in [0.2, 0.25) is 0 Å². The molecule has 0 radical (unpaired) electrons. The summed E-state index contributed by atoms with van der Waals surface area (Å²) >= 11 is 0. The zero-order valence-corrected chi connectivity index (χ0v) is 13.1. The van der Waals surface area contributed by atoms with Crippen molar-refractivity contribution in [3.05, 3.63) is 0 Å². The molecule has 0 saturated heterocycles. The fourth-order valence-electron chi connectivity index (χ4n) is 1.21. The molecule has 11 heteroatoms. The molecule has 0 aromatic rings. The molecular formula is C8H19NO8P2. The third kappa shape index (κ3) is 6.63. The fourth-order valence-corrected chi connectivity index (χ4v) is 3.50. The average Bonchev–Trinajstić information content (AvgIpc) is 2.37. The highest BCUT2D eigenvalue weighted by molar-refractivity contribution is 7.54. The van der Waals surface area contributed by atoms with Crippen molar-refractivity contribution in [1.29, 1.82) is 0 Å². The van der Waals surface area contributed by atoms with Crippen LogP contribution in [0.25, 0.3) is 0 Å². The molecule has 9 nitrogen and oxygen atoms in total. The van der Waals surface area contributed by atoms with Crippen LogP contribution in [0.3, 0.4) is 0 Å². The number of hydrogen-bond donors (Lipinski definition) is 1. The van der Waals surface area contributed by atoms with Crippen molar-refractivity contribution >= 4 is 21.2 Å². The van der Waals surface area contributed by atoms with Gasteiger partial charge in [0.15, 0.2) is 0 Å². The molecule has 0 rings (SSSR count). The summed E-state index contributed by atoms with van der Waals surface area (Å²) in [7, 11) is -2.24. The topological polar surface area (TPSA) is 112 Å². The van der Waals surface area contributed by atoms with Gasteiger partial charge >= 0.3 is 21.2 Å². The van der Waals surface area contributed by atoms with E-state index in [2.05, 4.69) is 0 Å². The molecule has 0 spiro atoms. The highest BCUT2D eigenvalue weighted by atomic mass is 31.2.